The number of carbonyl (C=O) groups excluding carboxylic acids is 3. The lowest BCUT2D eigenvalue weighted by molar-refractivity contribution is -0.144. The van der Waals surface area contributed by atoms with E-state index in [0.717, 1.165) is 11.1 Å². The van der Waals surface area contributed by atoms with Crippen LogP contribution in [0, 0.1) is 6.92 Å². The predicted molar refractivity (Wildman–Crippen MR) is 125 cm³/mol. The molecule has 2 N–H and O–H groups in total. The first-order valence-corrected chi connectivity index (χ1v) is 10.5. The van der Waals surface area contributed by atoms with Crippen molar-refractivity contribution >= 4 is 29.2 Å². The summed E-state index contributed by atoms with van der Waals surface area (Å²) in [6, 6.07) is 23.9. The number of hydrogen-bond donors (Lipinski definition) is 2. The minimum Gasteiger partial charge on any atom is -0.465 e. The Balaban J connectivity index is 1.38. The van der Waals surface area contributed by atoms with Crippen molar-refractivity contribution in [3.8, 4) is 0 Å². The molecule has 3 aromatic carbocycles. The summed E-state index contributed by atoms with van der Waals surface area (Å²) in [7, 11) is 0. The maximum absolute atomic E-state index is 12.3. The summed E-state index contributed by atoms with van der Waals surface area (Å²) in [6.07, 6.45) is 0.701. The van der Waals surface area contributed by atoms with Gasteiger partial charge in [-0.2, -0.15) is 0 Å². The summed E-state index contributed by atoms with van der Waals surface area (Å²) in [6.45, 7) is 2.22. The molecule has 3 rings (SSSR count). The first-order chi connectivity index (χ1) is 15.5. The molecule has 0 saturated heterocycles. The molecule has 0 aliphatic heterocycles. The standard InChI is InChI=1S/C26H26N2O4/c1-19-6-5-9-21(18-19)26(31)28-23-12-10-22(11-13-23)27-24(29)14-15-25(30)32-17-16-20-7-3-2-4-8-20/h2-13,18H,14-17H2,1H3,(H,27,29)(H,28,31). The van der Waals surface area contributed by atoms with Gasteiger partial charge in [0.05, 0.1) is 13.0 Å². The van der Waals surface area contributed by atoms with Crippen molar-refractivity contribution in [3.63, 3.8) is 0 Å². The Labute approximate surface area is 187 Å². The second kappa shape index (κ2) is 11.5. The molecule has 0 aromatic heterocycles. The molecule has 0 spiro atoms. The van der Waals surface area contributed by atoms with Crippen molar-refractivity contribution in [3.05, 3.63) is 95.6 Å². The average Bonchev–Trinajstić information content (AvgIpc) is 2.80. The van der Waals surface area contributed by atoms with Gasteiger partial charge in [0, 0.05) is 29.8 Å². The van der Waals surface area contributed by atoms with Crippen molar-refractivity contribution in [2.75, 3.05) is 17.2 Å². The lowest BCUT2D eigenvalue weighted by Crippen LogP contribution is -2.15. The van der Waals surface area contributed by atoms with E-state index in [2.05, 4.69) is 10.6 Å². The maximum Gasteiger partial charge on any atom is 0.306 e. The minimum atomic E-state index is -0.398. The molecule has 2 amide bonds. The molecule has 0 aliphatic rings. The highest BCUT2D eigenvalue weighted by molar-refractivity contribution is 6.04. The number of esters is 1. The molecule has 6 heteroatoms. The molecule has 0 saturated carbocycles. The van der Waals surface area contributed by atoms with Crippen molar-refractivity contribution in [2.24, 2.45) is 0 Å². The summed E-state index contributed by atoms with van der Waals surface area (Å²) in [4.78, 5) is 36.2. The molecule has 6 nitrogen and oxygen atoms in total. The lowest BCUT2D eigenvalue weighted by Gasteiger charge is -2.09. The van der Waals surface area contributed by atoms with E-state index >= 15 is 0 Å². The largest absolute Gasteiger partial charge is 0.465 e. The summed E-state index contributed by atoms with van der Waals surface area (Å²) in [5.41, 5.74) is 3.89. The van der Waals surface area contributed by atoms with Crippen molar-refractivity contribution in [2.45, 2.75) is 26.2 Å². The summed E-state index contributed by atoms with van der Waals surface area (Å²) >= 11 is 0. The van der Waals surface area contributed by atoms with Gasteiger partial charge >= 0.3 is 5.97 Å². The number of carbonyl (C=O) groups is 3. The average molecular weight is 431 g/mol. The second-order valence-electron chi connectivity index (χ2n) is 7.41. The fourth-order valence-electron chi connectivity index (χ4n) is 3.07. The number of nitrogens with one attached hydrogen (secondary N) is 2. The van der Waals surface area contributed by atoms with Crippen LogP contribution in [-0.4, -0.2) is 24.4 Å². The first-order valence-electron chi connectivity index (χ1n) is 10.5. The Morgan fingerprint density at radius 2 is 1.47 bits per heavy atom. The van der Waals surface area contributed by atoms with E-state index in [0.29, 0.717) is 30.0 Å². The zero-order valence-corrected chi connectivity index (χ0v) is 18.0. The van der Waals surface area contributed by atoms with E-state index in [-0.39, 0.29) is 24.7 Å². The van der Waals surface area contributed by atoms with Crippen LogP contribution in [0.1, 0.15) is 34.3 Å². The van der Waals surface area contributed by atoms with E-state index in [4.69, 9.17) is 4.74 Å². The molecule has 0 atom stereocenters. The molecule has 0 bridgehead atoms. The minimum absolute atomic E-state index is 0.0191. The van der Waals surface area contributed by atoms with Crippen molar-refractivity contribution in [1.29, 1.82) is 0 Å². The van der Waals surface area contributed by atoms with Gasteiger partial charge in [-0.1, -0.05) is 48.0 Å². The number of rotatable bonds is 9. The molecule has 0 radical (unpaired) electrons. The van der Waals surface area contributed by atoms with E-state index in [1.165, 1.54) is 0 Å². The van der Waals surface area contributed by atoms with Gasteiger partial charge in [-0.05, 0) is 48.9 Å². The smallest absolute Gasteiger partial charge is 0.306 e. The third-order valence-electron chi connectivity index (χ3n) is 4.76. The highest BCUT2D eigenvalue weighted by atomic mass is 16.5. The molecule has 3 aromatic rings. The zero-order valence-electron chi connectivity index (χ0n) is 18.0. The molecule has 0 unspecified atom stereocenters. The van der Waals surface area contributed by atoms with Crippen LogP contribution in [0.25, 0.3) is 0 Å². The van der Waals surface area contributed by atoms with Crippen molar-refractivity contribution in [1.82, 2.24) is 0 Å². The Kier molecular flexibility index (Phi) is 8.15. The van der Waals surface area contributed by atoms with Crippen LogP contribution in [0.4, 0.5) is 11.4 Å². The van der Waals surface area contributed by atoms with Crippen LogP contribution in [0.15, 0.2) is 78.9 Å². The van der Waals surface area contributed by atoms with Crippen molar-refractivity contribution < 1.29 is 19.1 Å². The molecular formula is C26H26N2O4. The summed E-state index contributed by atoms with van der Waals surface area (Å²) in [5, 5.41) is 5.56. The van der Waals surface area contributed by atoms with Gasteiger partial charge in [0.15, 0.2) is 0 Å². The van der Waals surface area contributed by atoms with Gasteiger partial charge < -0.3 is 15.4 Å². The predicted octanol–water partition coefficient (Wildman–Crippen LogP) is 4.75. The molecular weight excluding hydrogens is 404 g/mol. The third-order valence-corrected chi connectivity index (χ3v) is 4.76. The number of anilines is 2. The molecule has 0 aliphatic carbocycles. The maximum atomic E-state index is 12.3. The van der Waals surface area contributed by atoms with E-state index in [1.54, 1.807) is 30.3 Å². The Bertz CT molecular complexity index is 1060. The van der Waals surface area contributed by atoms with Gasteiger partial charge in [0.25, 0.3) is 5.91 Å². The topological polar surface area (TPSA) is 84.5 Å². The number of hydrogen-bond acceptors (Lipinski definition) is 4. The van der Waals surface area contributed by atoms with Crippen LogP contribution in [0.2, 0.25) is 0 Å². The Morgan fingerprint density at radius 1 is 0.781 bits per heavy atom. The number of ether oxygens (including phenoxy) is 1. The lowest BCUT2D eigenvalue weighted by atomic mass is 10.1. The van der Waals surface area contributed by atoms with Gasteiger partial charge in [-0.15, -0.1) is 0 Å². The summed E-state index contributed by atoms with van der Waals surface area (Å²) in [5.74, 6) is -0.872. The summed E-state index contributed by atoms with van der Waals surface area (Å²) < 4.78 is 5.18. The number of amides is 2. The molecule has 164 valence electrons. The van der Waals surface area contributed by atoms with Gasteiger partial charge in [-0.3, -0.25) is 14.4 Å². The van der Waals surface area contributed by atoms with Gasteiger partial charge in [-0.25, -0.2) is 0 Å². The fourth-order valence-corrected chi connectivity index (χ4v) is 3.07. The van der Waals surface area contributed by atoms with Crippen LogP contribution >= 0.6 is 0 Å². The molecule has 32 heavy (non-hydrogen) atoms. The second-order valence-corrected chi connectivity index (χ2v) is 7.41. The van der Waals surface area contributed by atoms with Gasteiger partial charge in [0.1, 0.15) is 0 Å². The third kappa shape index (κ3) is 7.40. The highest BCUT2D eigenvalue weighted by Crippen LogP contribution is 2.15. The highest BCUT2D eigenvalue weighted by Gasteiger charge is 2.10. The van der Waals surface area contributed by atoms with E-state index in [1.807, 2.05) is 55.5 Å². The van der Waals surface area contributed by atoms with Crippen LogP contribution in [0.5, 0.6) is 0 Å². The van der Waals surface area contributed by atoms with Crippen LogP contribution in [-0.2, 0) is 20.7 Å². The first kappa shape index (κ1) is 22.7. The normalized spacial score (nSPS) is 10.3. The van der Waals surface area contributed by atoms with E-state index < -0.39 is 5.97 Å². The quantitative estimate of drug-likeness (QED) is 0.480. The molecule has 0 fully saturated rings. The SMILES string of the molecule is Cc1cccc(C(=O)Nc2ccc(NC(=O)CCC(=O)OCCc3ccccc3)cc2)c1. The van der Waals surface area contributed by atoms with E-state index in [9.17, 15) is 14.4 Å². The Morgan fingerprint density at radius 3 is 2.16 bits per heavy atom. The number of benzene rings is 3. The van der Waals surface area contributed by atoms with Crippen LogP contribution in [0.3, 0.4) is 0 Å². The fraction of sp³-hybridized carbons (Fsp3) is 0.192. The molecule has 0 heterocycles. The number of aryl methyl sites for hydroxylation is 1. The van der Waals surface area contributed by atoms with Crippen LogP contribution < -0.4 is 10.6 Å². The zero-order chi connectivity index (χ0) is 22.8. The monoisotopic (exact) mass is 430 g/mol. The van der Waals surface area contributed by atoms with Gasteiger partial charge in [0.2, 0.25) is 5.91 Å². The Hall–Kier alpha value is -3.93.